The maximum Gasteiger partial charge on any atom is 0.259 e. The molecule has 0 aliphatic heterocycles. The molecule has 2 rings (SSSR count). The minimum absolute atomic E-state index is 0.0825. The van der Waals surface area contributed by atoms with Crippen LogP contribution < -0.4 is 5.32 Å². The molecule has 0 aliphatic carbocycles. The molecule has 3 nitrogen and oxygen atoms in total. The number of benzene rings is 2. The molecule has 1 amide bonds. The zero-order chi connectivity index (χ0) is 14.0. The van der Waals surface area contributed by atoms with Crippen LogP contribution in [0.5, 0.6) is 5.75 Å². The Kier molecular flexibility index (Phi) is 3.51. The predicted octanol–water partition coefficient (Wildman–Crippen LogP) is 3.40. The van der Waals surface area contributed by atoms with Crippen LogP contribution in [-0.2, 0) is 0 Å². The third kappa shape index (κ3) is 2.73. The monoisotopic (exact) mass is 259 g/mol. The minimum atomic E-state index is -0.566. The summed E-state index contributed by atoms with van der Waals surface area (Å²) in [6.07, 6.45) is 0. The lowest BCUT2D eigenvalue weighted by molar-refractivity contribution is 0.102. The molecular weight excluding hydrogens is 245 g/mol. The number of phenols is 1. The van der Waals surface area contributed by atoms with Gasteiger partial charge in [0.05, 0.1) is 5.56 Å². The van der Waals surface area contributed by atoms with E-state index in [0.29, 0.717) is 5.69 Å². The largest absolute Gasteiger partial charge is 0.507 e. The molecule has 98 valence electrons. The number of rotatable bonds is 2. The highest BCUT2D eigenvalue weighted by Crippen LogP contribution is 2.22. The fourth-order valence-electron chi connectivity index (χ4n) is 1.77. The second-order valence-corrected chi connectivity index (χ2v) is 4.36. The zero-order valence-electron chi connectivity index (χ0n) is 10.7. The van der Waals surface area contributed by atoms with Gasteiger partial charge in [-0.2, -0.15) is 0 Å². The second kappa shape index (κ2) is 5.10. The molecule has 0 spiro atoms. The first kappa shape index (κ1) is 13.1. The van der Waals surface area contributed by atoms with E-state index < -0.39 is 11.7 Å². The predicted molar refractivity (Wildman–Crippen MR) is 71.9 cm³/mol. The number of carbonyl (C=O) groups is 1. The van der Waals surface area contributed by atoms with Crippen LogP contribution in [0.3, 0.4) is 0 Å². The van der Waals surface area contributed by atoms with Crippen LogP contribution in [0.4, 0.5) is 10.1 Å². The first-order valence-corrected chi connectivity index (χ1v) is 5.85. The van der Waals surface area contributed by atoms with Crippen LogP contribution in [0.25, 0.3) is 0 Å². The lowest BCUT2D eigenvalue weighted by Gasteiger charge is -2.11. The highest BCUT2D eigenvalue weighted by atomic mass is 19.1. The molecule has 0 radical (unpaired) electrons. The standard InChI is InChI=1S/C15H14FNO2/c1-9-4-3-5-13(10(9)2)17-15(19)12-8-11(16)6-7-14(12)18/h3-8,18H,1-2H3,(H,17,19). The lowest BCUT2D eigenvalue weighted by Crippen LogP contribution is -2.13. The van der Waals surface area contributed by atoms with E-state index in [-0.39, 0.29) is 11.3 Å². The van der Waals surface area contributed by atoms with Gasteiger partial charge in [0.15, 0.2) is 0 Å². The lowest BCUT2D eigenvalue weighted by atomic mass is 10.1. The average molecular weight is 259 g/mol. The summed E-state index contributed by atoms with van der Waals surface area (Å²) in [4.78, 5) is 12.0. The van der Waals surface area contributed by atoms with E-state index in [1.165, 1.54) is 0 Å². The van der Waals surface area contributed by atoms with Crippen LogP contribution in [0.2, 0.25) is 0 Å². The van der Waals surface area contributed by atoms with Crippen molar-refractivity contribution in [3.63, 3.8) is 0 Å². The van der Waals surface area contributed by atoms with Crippen LogP contribution in [0.15, 0.2) is 36.4 Å². The van der Waals surface area contributed by atoms with Gasteiger partial charge < -0.3 is 10.4 Å². The van der Waals surface area contributed by atoms with Crippen LogP contribution in [0, 0.1) is 19.7 Å². The van der Waals surface area contributed by atoms with Crippen molar-refractivity contribution in [2.75, 3.05) is 5.32 Å². The molecule has 19 heavy (non-hydrogen) atoms. The van der Waals surface area contributed by atoms with Gasteiger partial charge >= 0.3 is 0 Å². The molecule has 0 unspecified atom stereocenters. The molecular formula is C15H14FNO2. The first-order chi connectivity index (χ1) is 8.99. The number of anilines is 1. The maximum absolute atomic E-state index is 13.1. The normalized spacial score (nSPS) is 10.3. The van der Waals surface area contributed by atoms with Gasteiger partial charge in [-0.25, -0.2) is 4.39 Å². The van der Waals surface area contributed by atoms with Gasteiger partial charge in [0, 0.05) is 5.69 Å². The van der Waals surface area contributed by atoms with Crippen molar-refractivity contribution in [2.24, 2.45) is 0 Å². The van der Waals surface area contributed by atoms with E-state index in [1.54, 1.807) is 6.07 Å². The van der Waals surface area contributed by atoms with E-state index in [4.69, 9.17) is 0 Å². The fourth-order valence-corrected chi connectivity index (χ4v) is 1.77. The Hall–Kier alpha value is -2.36. The molecule has 0 aliphatic rings. The number of hydrogen-bond acceptors (Lipinski definition) is 2. The Balaban J connectivity index is 2.31. The first-order valence-electron chi connectivity index (χ1n) is 5.85. The highest BCUT2D eigenvalue weighted by molar-refractivity contribution is 6.06. The van der Waals surface area contributed by atoms with Crippen molar-refractivity contribution in [3.8, 4) is 5.75 Å². The Morgan fingerprint density at radius 2 is 1.95 bits per heavy atom. The van der Waals surface area contributed by atoms with Crippen LogP contribution >= 0.6 is 0 Å². The quantitative estimate of drug-likeness (QED) is 0.868. The smallest absolute Gasteiger partial charge is 0.259 e. The third-order valence-corrected chi connectivity index (χ3v) is 3.06. The average Bonchev–Trinajstić information content (AvgIpc) is 2.38. The second-order valence-electron chi connectivity index (χ2n) is 4.36. The van der Waals surface area contributed by atoms with E-state index in [9.17, 15) is 14.3 Å². The van der Waals surface area contributed by atoms with Gasteiger partial charge in [0.1, 0.15) is 11.6 Å². The molecule has 0 heterocycles. The summed E-state index contributed by atoms with van der Waals surface area (Å²) in [5, 5.41) is 12.2. The fraction of sp³-hybridized carbons (Fsp3) is 0.133. The number of aromatic hydroxyl groups is 1. The van der Waals surface area contributed by atoms with E-state index in [2.05, 4.69) is 5.32 Å². The third-order valence-electron chi connectivity index (χ3n) is 3.06. The van der Waals surface area contributed by atoms with Gasteiger partial charge in [-0.3, -0.25) is 4.79 Å². The Labute approximate surface area is 110 Å². The molecule has 0 fully saturated rings. The minimum Gasteiger partial charge on any atom is -0.507 e. The summed E-state index contributed by atoms with van der Waals surface area (Å²) in [6.45, 7) is 3.82. The number of nitrogens with one attached hydrogen (secondary N) is 1. The van der Waals surface area contributed by atoms with Crippen molar-refractivity contribution in [1.82, 2.24) is 0 Å². The van der Waals surface area contributed by atoms with Crippen LogP contribution in [-0.4, -0.2) is 11.0 Å². The van der Waals surface area contributed by atoms with Crippen molar-refractivity contribution in [1.29, 1.82) is 0 Å². The Morgan fingerprint density at radius 3 is 2.68 bits per heavy atom. The number of aryl methyl sites for hydroxylation is 1. The molecule has 0 atom stereocenters. The summed E-state index contributed by atoms with van der Waals surface area (Å²) >= 11 is 0. The molecule has 2 aromatic rings. The summed E-state index contributed by atoms with van der Waals surface area (Å²) in [7, 11) is 0. The van der Waals surface area contributed by atoms with Crippen molar-refractivity contribution >= 4 is 11.6 Å². The van der Waals surface area contributed by atoms with E-state index >= 15 is 0 Å². The Bertz CT molecular complexity index is 638. The topological polar surface area (TPSA) is 49.3 Å². The molecule has 4 heteroatoms. The number of amides is 1. The summed E-state index contributed by atoms with van der Waals surface area (Å²) < 4.78 is 13.1. The Morgan fingerprint density at radius 1 is 1.21 bits per heavy atom. The van der Waals surface area contributed by atoms with Gasteiger partial charge in [0.25, 0.3) is 5.91 Å². The van der Waals surface area contributed by atoms with Crippen LogP contribution in [0.1, 0.15) is 21.5 Å². The van der Waals surface area contributed by atoms with Gasteiger partial charge in [-0.1, -0.05) is 12.1 Å². The molecule has 2 aromatic carbocycles. The van der Waals surface area contributed by atoms with Gasteiger partial charge in [0.2, 0.25) is 0 Å². The van der Waals surface area contributed by atoms with Crippen molar-refractivity contribution in [2.45, 2.75) is 13.8 Å². The van der Waals surface area contributed by atoms with Crippen molar-refractivity contribution in [3.05, 3.63) is 58.9 Å². The number of hydrogen-bond donors (Lipinski definition) is 2. The SMILES string of the molecule is Cc1cccc(NC(=O)c2cc(F)ccc2O)c1C. The molecule has 0 saturated heterocycles. The number of halogens is 1. The maximum atomic E-state index is 13.1. The summed E-state index contributed by atoms with van der Waals surface area (Å²) in [5.41, 5.74) is 2.54. The number of carbonyl (C=O) groups excluding carboxylic acids is 1. The van der Waals surface area contributed by atoms with E-state index in [0.717, 1.165) is 29.3 Å². The molecule has 0 aromatic heterocycles. The summed E-state index contributed by atoms with van der Waals surface area (Å²) in [6, 6.07) is 8.79. The van der Waals surface area contributed by atoms with E-state index in [1.807, 2.05) is 26.0 Å². The zero-order valence-corrected chi connectivity index (χ0v) is 10.7. The molecule has 0 bridgehead atoms. The molecule has 0 saturated carbocycles. The highest BCUT2D eigenvalue weighted by Gasteiger charge is 2.13. The van der Waals surface area contributed by atoms with Gasteiger partial charge in [-0.05, 0) is 49.2 Å². The van der Waals surface area contributed by atoms with Gasteiger partial charge in [-0.15, -0.1) is 0 Å². The van der Waals surface area contributed by atoms with Crippen molar-refractivity contribution < 1.29 is 14.3 Å². The summed E-state index contributed by atoms with van der Waals surface area (Å²) in [5.74, 6) is -1.35. The number of phenolic OH excluding ortho intramolecular Hbond substituents is 1. The molecule has 2 N–H and O–H groups in total.